The summed E-state index contributed by atoms with van der Waals surface area (Å²) in [6.45, 7) is 6.84. The molecule has 2 amide bonds. The number of hydrogen-bond acceptors (Lipinski definition) is 4. The maximum Gasteiger partial charge on any atom is 0.254 e. The first-order valence-corrected chi connectivity index (χ1v) is 8.80. The molecule has 0 aromatic heterocycles. The van der Waals surface area contributed by atoms with Crippen molar-refractivity contribution in [2.24, 2.45) is 0 Å². The third-order valence-electron chi connectivity index (χ3n) is 4.86. The summed E-state index contributed by atoms with van der Waals surface area (Å²) < 4.78 is 0. The topological polar surface area (TPSA) is 92.7 Å². The zero-order chi connectivity index (χ0) is 18.8. The molecule has 0 fully saturated rings. The van der Waals surface area contributed by atoms with Gasteiger partial charge in [-0.3, -0.25) is 9.59 Å². The van der Waals surface area contributed by atoms with E-state index in [1.54, 1.807) is 11.0 Å². The molecule has 2 aromatic rings. The fourth-order valence-electron chi connectivity index (χ4n) is 3.30. The van der Waals surface area contributed by atoms with E-state index in [9.17, 15) is 9.59 Å². The van der Waals surface area contributed by atoms with Crippen molar-refractivity contribution in [2.45, 2.75) is 26.9 Å². The normalized spacial score (nSPS) is 14.8. The van der Waals surface area contributed by atoms with E-state index in [2.05, 4.69) is 0 Å². The molecule has 0 atom stereocenters. The van der Waals surface area contributed by atoms with Crippen molar-refractivity contribution in [3.63, 3.8) is 0 Å². The lowest BCUT2D eigenvalue weighted by molar-refractivity contribution is 0.0779. The van der Waals surface area contributed by atoms with Gasteiger partial charge in [-0.25, -0.2) is 0 Å². The Kier molecular flexibility index (Phi) is 4.84. The van der Waals surface area contributed by atoms with Crippen LogP contribution in [0.15, 0.2) is 36.4 Å². The highest BCUT2D eigenvalue weighted by atomic mass is 16.2. The molecule has 4 rings (SSSR count). The van der Waals surface area contributed by atoms with Gasteiger partial charge in [0.15, 0.2) is 0 Å². The largest absolute Gasteiger partial charge is 0.399 e. The molecule has 0 bridgehead atoms. The fraction of sp³-hybridized carbons (Fsp3) is 0.300. The molecule has 2 aliphatic rings. The van der Waals surface area contributed by atoms with Crippen molar-refractivity contribution < 1.29 is 9.59 Å². The molecule has 0 saturated heterocycles. The Labute approximate surface area is 153 Å². The molecule has 6 nitrogen and oxygen atoms in total. The Bertz CT molecular complexity index is 857. The minimum Gasteiger partial charge on any atom is -0.399 e. The van der Waals surface area contributed by atoms with Crippen LogP contribution in [0.2, 0.25) is 0 Å². The quantitative estimate of drug-likeness (QED) is 0.812. The second kappa shape index (κ2) is 7.07. The van der Waals surface area contributed by atoms with Gasteiger partial charge < -0.3 is 21.3 Å². The summed E-state index contributed by atoms with van der Waals surface area (Å²) in [5.74, 6) is 0.203. The standard InChI is InChI=1S/2C10H12N2O/c1-2-12-6-7-3-4-8(11)5-9(7)10(12)13;1-2-12-6-8-7(10(12)13)4-3-5-9(8)11/h2*3-5H,2,6,11H2,1H3. The molecule has 4 N–H and O–H groups in total. The van der Waals surface area contributed by atoms with Gasteiger partial charge in [0.25, 0.3) is 11.8 Å². The Morgan fingerprint density at radius 1 is 0.885 bits per heavy atom. The van der Waals surface area contributed by atoms with E-state index in [0.29, 0.717) is 12.2 Å². The van der Waals surface area contributed by atoms with E-state index in [4.69, 9.17) is 11.5 Å². The number of anilines is 2. The number of carbonyl (C=O) groups excluding carboxylic acids is 2. The van der Waals surface area contributed by atoms with Gasteiger partial charge in [-0.1, -0.05) is 12.1 Å². The Morgan fingerprint density at radius 2 is 1.54 bits per heavy atom. The minimum atomic E-state index is 0.102. The number of fused-ring (bicyclic) bond motifs is 2. The van der Waals surface area contributed by atoms with E-state index < -0.39 is 0 Å². The molecule has 136 valence electrons. The third kappa shape index (κ3) is 3.10. The number of nitrogens with two attached hydrogens (primary N) is 2. The van der Waals surface area contributed by atoms with Gasteiger partial charge in [-0.15, -0.1) is 0 Å². The summed E-state index contributed by atoms with van der Waals surface area (Å²) in [6.07, 6.45) is 0. The summed E-state index contributed by atoms with van der Waals surface area (Å²) in [7, 11) is 0. The van der Waals surface area contributed by atoms with Gasteiger partial charge in [-0.2, -0.15) is 0 Å². The molecule has 6 heteroatoms. The smallest absolute Gasteiger partial charge is 0.254 e. The van der Waals surface area contributed by atoms with Crippen molar-refractivity contribution in [2.75, 3.05) is 24.6 Å². The maximum atomic E-state index is 11.7. The molecule has 0 radical (unpaired) electrons. The van der Waals surface area contributed by atoms with E-state index >= 15 is 0 Å². The number of nitrogens with zero attached hydrogens (tertiary/aromatic N) is 2. The fourth-order valence-corrected chi connectivity index (χ4v) is 3.30. The van der Waals surface area contributed by atoms with Crippen LogP contribution in [0.5, 0.6) is 0 Å². The number of rotatable bonds is 2. The van der Waals surface area contributed by atoms with Crippen molar-refractivity contribution in [3.05, 3.63) is 58.7 Å². The monoisotopic (exact) mass is 352 g/mol. The predicted molar refractivity (Wildman–Crippen MR) is 103 cm³/mol. The van der Waals surface area contributed by atoms with Crippen LogP contribution in [0, 0.1) is 0 Å². The summed E-state index contributed by atoms with van der Waals surface area (Å²) in [5, 5.41) is 0. The van der Waals surface area contributed by atoms with Crippen molar-refractivity contribution in [1.29, 1.82) is 0 Å². The van der Waals surface area contributed by atoms with Crippen LogP contribution in [0.4, 0.5) is 11.4 Å². The molecule has 26 heavy (non-hydrogen) atoms. The molecular formula is C20H24N4O2. The van der Waals surface area contributed by atoms with E-state index in [-0.39, 0.29) is 11.8 Å². The number of nitrogen functional groups attached to an aromatic ring is 2. The SMILES string of the molecule is CCN1Cc2c(N)cccc2C1=O.CCN1Cc2ccc(N)cc2C1=O. The highest BCUT2D eigenvalue weighted by Gasteiger charge is 2.27. The molecular weight excluding hydrogens is 328 g/mol. The summed E-state index contributed by atoms with van der Waals surface area (Å²) in [5.41, 5.74) is 16.4. The molecule has 0 unspecified atom stereocenters. The van der Waals surface area contributed by atoms with Gasteiger partial charge in [0.05, 0.1) is 0 Å². The summed E-state index contributed by atoms with van der Waals surface area (Å²) in [6, 6.07) is 11.0. The average molecular weight is 352 g/mol. The lowest BCUT2D eigenvalue weighted by atomic mass is 10.1. The van der Waals surface area contributed by atoms with Gasteiger partial charge in [0.1, 0.15) is 0 Å². The number of amides is 2. The van der Waals surface area contributed by atoms with Crippen LogP contribution in [0.3, 0.4) is 0 Å². The summed E-state index contributed by atoms with van der Waals surface area (Å²) >= 11 is 0. The maximum absolute atomic E-state index is 11.7. The van der Waals surface area contributed by atoms with Gasteiger partial charge in [-0.05, 0) is 43.7 Å². The molecule has 2 aliphatic heterocycles. The molecule has 0 spiro atoms. The molecule has 2 aromatic carbocycles. The predicted octanol–water partition coefficient (Wildman–Crippen LogP) is 2.49. The molecule has 0 aliphatic carbocycles. The second-order valence-corrected chi connectivity index (χ2v) is 6.43. The lowest BCUT2D eigenvalue weighted by Gasteiger charge is -2.11. The Hall–Kier alpha value is -3.02. The number of carbonyl (C=O) groups is 2. The molecule has 0 saturated carbocycles. The first kappa shape index (κ1) is 17.8. The minimum absolute atomic E-state index is 0.102. The van der Waals surface area contributed by atoms with Crippen LogP contribution in [0.25, 0.3) is 0 Å². The second-order valence-electron chi connectivity index (χ2n) is 6.43. The van der Waals surface area contributed by atoms with E-state index in [1.165, 1.54) is 0 Å². The van der Waals surface area contributed by atoms with E-state index in [1.807, 2.05) is 49.1 Å². The zero-order valence-corrected chi connectivity index (χ0v) is 15.2. The van der Waals surface area contributed by atoms with Crippen molar-refractivity contribution in [1.82, 2.24) is 9.80 Å². The van der Waals surface area contributed by atoms with Gasteiger partial charge >= 0.3 is 0 Å². The highest BCUT2D eigenvalue weighted by molar-refractivity contribution is 6.00. The Morgan fingerprint density at radius 3 is 2.19 bits per heavy atom. The van der Waals surface area contributed by atoms with Crippen LogP contribution in [-0.2, 0) is 13.1 Å². The number of benzene rings is 2. The zero-order valence-electron chi connectivity index (χ0n) is 15.2. The third-order valence-corrected chi connectivity index (χ3v) is 4.86. The van der Waals surface area contributed by atoms with Gasteiger partial charge in [0, 0.05) is 54.2 Å². The van der Waals surface area contributed by atoms with Crippen LogP contribution in [-0.4, -0.2) is 34.7 Å². The number of hydrogen-bond donors (Lipinski definition) is 2. The van der Waals surface area contributed by atoms with E-state index in [0.717, 1.165) is 47.6 Å². The summed E-state index contributed by atoms with van der Waals surface area (Å²) in [4.78, 5) is 26.9. The highest BCUT2D eigenvalue weighted by Crippen LogP contribution is 2.27. The molecule has 2 heterocycles. The van der Waals surface area contributed by atoms with Crippen LogP contribution in [0.1, 0.15) is 45.7 Å². The van der Waals surface area contributed by atoms with Crippen LogP contribution >= 0.6 is 0 Å². The first-order valence-electron chi connectivity index (χ1n) is 8.80. The van der Waals surface area contributed by atoms with Crippen LogP contribution < -0.4 is 11.5 Å². The van der Waals surface area contributed by atoms with Crippen molar-refractivity contribution in [3.8, 4) is 0 Å². The van der Waals surface area contributed by atoms with Crippen molar-refractivity contribution >= 4 is 23.2 Å². The van der Waals surface area contributed by atoms with Gasteiger partial charge in [0.2, 0.25) is 0 Å². The lowest BCUT2D eigenvalue weighted by Crippen LogP contribution is -2.22. The Balaban J connectivity index is 0.000000151. The first-order chi connectivity index (χ1) is 12.5. The average Bonchev–Trinajstić information content (AvgIpc) is 3.14.